The van der Waals surface area contributed by atoms with Crippen LogP contribution in [0.5, 0.6) is 0 Å². The average Bonchev–Trinajstić information content (AvgIpc) is 2.28. The van der Waals surface area contributed by atoms with E-state index in [9.17, 15) is 8.78 Å². The molecule has 0 amide bonds. The van der Waals surface area contributed by atoms with Gasteiger partial charge in [-0.3, -0.25) is 4.90 Å². The third-order valence-corrected chi connectivity index (χ3v) is 2.89. The van der Waals surface area contributed by atoms with Crippen molar-refractivity contribution in [1.29, 1.82) is 0 Å². The number of halogens is 2. The molecule has 0 saturated carbocycles. The van der Waals surface area contributed by atoms with E-state index >= 15 is 0 Å². The molecule has 1 aromatic rings. The maximum Gasteiger partial charge on any atom is 0.126 e. The first-order chi connectivity index (χ1) is 8.63. The van der Waals surface area contributed by atoms with E-state index in [0.717, 1.165) is 25.7 Å². The summed E-state index contributed by atoms with van der Waals surface area (Å²) in [5.41, 5.74) is 0.638. The quantitative estimate of drug-likeness (QED) is 0.881. The first kappa shape index (κ1) is 13.4. The van der Waals surface area contributed by atoms with Crippen LogP contribution in [0.2, 0.25) is 0 Å². The Kier molecular flexibility index (Phi) is 4.63. The van der Waals surface area contributed by atoms with Gasteiger partial charge < -0.3 is 10.1 Å². The highest BCUT2D eigenvalue weighted by atomic mass is 19.1. The van der Waals surface area contributed by atoms with E-state index in [4.69, 9.17) is 4.74 Å². The molecule has 0 spiro atoms. The van der Waals surface area contributed by atoms with Crippen LogP contribution >= 0.6 is 0 Å². The molecule has 1 aliphatic heterocycles. The second kappa shape index (κ2) is 6.22. The molecule has 1 saturated heterocycles. The number of likely N-dealkylation sites (N-methyl/N-ethyl adjacent to an activating group) is 1. The van der Waals surface area contributed by atoms with Gasteiger partial charge in [0.15, 0.2) is 0 Å². The molecule has 1 heterocycles. The standard InChI is InChI=1S/C13H18F2N2O/c1-17(9-13-7-16-2-3-18-13)8-10-4-11(14)6-12(15)5-10/h4-6,13,16H,2-3,7-9H2,1H3. The molecular weight excluding hydrogens is 238 g/mol. The monoisotopic (exact) mass is 256 g/mol. The molecule has 1 N–H and O–H groups in total. The first-order valence-corrected chi connectivity index (χ1v) is 6.09. The molecular formula is C13H18F2N2O. The number of benzene rings is 1. The molecule has 2 rings (SSSR count). The predicted molar refractivity (Wildman–Crippen MR) is 65.3 cm³/mol. The lowest BCUT2D eigenvalue weighted by molar-refractivity contribution is 0.00883. The van der Waals surface area contributed by atoms with Gasteiger partial charge in [0.05, 0.1) is 12.7 Å². The number of nitrogens with zero attached hydrogens (tertiary/aromatic N) is 1. The number of hydrogen-bond acceptors (Lipinski definition) is 3. The highest BCUT2D eigenvalue weighted by Crippen LogP contribution is 2.10. The van der Waals surface area contributed by atoms with Crippen molar-refractivity contribution in [2.24, 2.45) is 0 Å². The van der Waals surface area contributed by atoms with Gasteiger partial charge in [-0.2, -0.15) is 0 Å². The fourth-order valence-corrected chi connectivity index (χ4v) is 2.16. The third kappa shape index (κ3) is 4.01. The lowest BCUT2D eigenvalue weighted by atomic mass is 10.2. The molecule has 1 aliphatic rings. The molecule has 0 radical (unpaired) electrons. The molecule has 100 valence electrons. The molecule has 18 heavy (non-hydrogen) atoms. The van der Waals surface area contributed by atoms with Crippen molar-refractivity contribution in [3.8, 4) is 0 Å². The first-order valence-electron chi connectivity index (χ1n) is 6.09. The van der Waals surface area contributed by atoms with Gasteiger partial charge in [0.25, 0.3) is 0 Å². The summed E-state index contributed by atoms with van der Waals surface area (Å²) < 4.78 is 31.7. The Labute approximate surface area is 106 Å². The second-order valence-corrected chi connectivity index (χ2v) is 4.67. The highest BCUT2D eigenvalue weighted by molar-refractivity contribution is 5.17. The van der Waals surface area contributed by atoms with Gasteiger partial charge in [0.2, 0.25) is 0 Å². The van der Waals surface area contributed by atoms with E-state index in [-0.39, 0.29) is 6.10 Å². The van der Waals surface area contributed by atoms with Gasteiger partial charge in [0.1, 0.15) is 11.6 Å². The van der Waals surface area contributed by atoms with Crippen molar-refractivity contribution >= 4 is 0 Å². The average molecular weight is 256 g/mol. The third-order valence-electron chi connectivity index (χ3n) is 2.89. The van der Waals surface area contributed by atoms with Gasteiger partial charge in [-0.1, -0.05) is 0 Å². The maximum absolute atomic E-state index is 13.0. The summed E-state index contributed by atoms with van der Waals surface area (Å²) >= 11 is 0. The van der Waals surface area contributed by atoms with Gasteiger partial charge >= 0.3 is 0 Å². The summed E-state index contributed by atoms with van der Waals surface area (Å²) in [4.78, 5) is 2.01. The molecule has 1 fully saturated rings. The van der Waals surface area contributed by atoms with Crippen molar-refractivity contribution in [1.82, 2.24) is 10.2 Å². The zero-order valence-corrected chi connectivity index (χ0v) is 10.5. The van der Waals surface area contributed by atoms with E-state index in [2.05, 4.69) is 5.32 Å². The van der Waals surface area contributed by atoms with Crippen LogP contribution in [0, 0.1) is 11.6 Å². The number of nitrogens with one attached hydrogen (secondary N) is 1. The van der Waals surface area contributed by atoms with Crippen LogP contribution in [0.4, 0.5) is 8.78 Å². The highest BCUT2D eigenvalue weighted by Gasteiger charge is 2.15. The smallest absolute Gasteiger partial charge is 0.126 e. The maximum atomic E-state index is 13.0. The van der Waals surface area contributed by atoms with E-state index in [1.165, 1.54) is 12.1 Å². The fraction of sp³-hybridized carbons (Fsp3) is 0.538. The van der Waals surface area contributed by atoms with Crippen LogP contribution in [-0.4, -0.2) is 44.3 Å². The molecule has 0 aromatic heterocycles. The SMILES string of the molecule is CN(Cc1cc(F)cc(F)c1)CC1CNCCO1. The molecule has 1 aromatic carbocycles. The fourth-order valence-electron chi connectivity index (χ4n) is 2.16. The minimum atomic E-state index is -0.533. The van der Waals surface area contributed by atoms with Crippen LogP contribution in [-0.2, 0) is 11.3 Å². The summed E-state index contributed by atoms with van der Waals surface area (Å²) in [6.45, 7) is 3.67. The molecule has 1 atom stereocenters. The Bertz CT molecular complexity index is 374. The topological polar surface area (TPSA) is 24.5 Å². The van der Waals surface area contributed by atoms with Crippen molar-refractivity contribution in [3.63, 3.8) is 0 Å². The van der Waals surface area contributed by atoms with E-state index in [0.29, 0.717) is 18.7 Å². The lowest BCUT2D eigenvalue weighted by Crippen LogP contribution is -2.44. The summed E-state index contributed by atoms with van der Waals surface area (Å²) in [5, 5.41) is 3.25. The number of rotatable bonds is 4. The molecule has 5 heteroatoms. The summed E-state index contributed by atoms with van der Waals surface area (Å²) in [6.07, 6.45) is 0.141. The Balaban J connectivity index is 1.87. The van der Waals surface area contributed by atoms with Crippen LogP contribution in [0.3, 0.4) is 0 Å². The van der Waals surface area contributed by atoms with Crippen LogP contribution in [0.15, 0.2) is 18.2 Å². The van der Waals surface area contributed by atoms with Crippen LogP contribution < -0.4 is 5.32 Å². The zero-order valence-electron chi connectivity index (χ0n) is 10.5. The molecule has 0 aliphatic carbocycles. The number of ether oxygens (including phenoxy) is 1. The van der Waals surface area contributed by atoms with Gasteiger partial charge in [0, 0.05) is 32.2 Å². The number of morpholine rings is 1. The summed E-state index contributed by atoms with van der Waals surface area (Å²) in [7, 11) is 1.92. The Morgan fingerprint density at radius 1 is 1.33 bits per heavy atom. The zero-order chi connectivity index (χ0) is 13.0. The van der Waals surface area contributed by atoms with Gasteiger partial charge in [-0.05, 0) is 24.7 Å². The van der Waals surface area contributed by atoms with Crippen molar-refractivity contribution in [2.75, 3.05) is 33.3 Å². The van der Waals surface area contributed by atoms with E-state index < -0.39 is 11.6 Å². The van der Waals surface area contributed by atoms with Gasteiger partial charge in [-0.15, -0.1) is 0 Å². The molecule has 3 nitrogen and oxygen atoms in total. The predicted octanol–water partition coefficient (Wildman–Crippen LogP) is 1.39. The number of hydrogen-bond donors (Lipinski definition) is 1. The molecule has 1 unspecified atom stereocenters. The lowest BCUT2D eigenvalue weighted by Gasteiger charge is -2.28. The molecule has 0 bridgehead atoms. The summed E-state index contributed by atoms with van der Waals surface area (Å²) in [5.74, 6) is -1.07. The van der Waals surface area contributed by atoms with E-state index in [1.54, 1.807) is 0 Å². The Morgan fingerprint density at radius 3 is 2.67 bits per heavy atom. The normalized spacial score (nSPS) is 20.3. The van der Waals surface area contributed by atoms with Crippen molar-refractivity contribution in [2.45, 2.75) is 12.6 Å². The van der Waals surface area contributed by atoms with Crippen molar-refractivity contribution in [3.05, 3.63) is 35.4 Å². The van der Waals surface area contributed by atoms with Gasteiger partial charge in [-0.25, -0.2) is 8.78 Å². The van der Waals surface area contributed by atoms with E-state index in [1.807, 2.05) is 11.9 Å². The summed E-state index contributed by atoms with van der Waals surface area (Å²) in [6, 6.07) is 3.61. The second-order valence-electron chi connectivity index (χ2n) is 4.67. The van der Waals surface area contributed by atoms with Crippen LogP contribution in [0.25, 0.3) is 0 Å². The van der Waals surface area contributed by atoms with Crippen LogP contribution in [0.1, 0.15) is 5.56 Å². The minimum absolute atomic E-state index is 0.141. The Hall–Kier alpha value is -1.04. The largest absolute Gasteiger partial charge is 0.374 e. The minimum Gasteiger partial charge on any atom is -0.374 e. The Morgan fingerprint density at radius 2 is 2.06 bits per heavy atom. The van der Waals surface area contributed by atoms with Crippen molar-refractivity contribution < 1.29 is 13.5 Å².